The Morgan fingerprint density at radius 1 is 0.446 bits per heavy atom. The molecule has 270 valence electrons. The van der Waals surface area contributed by atoms with Gasteiger partial charge in [0.1, 0.15) is 11.2 Å². The van der Waals surface area contributed by atoms with Gasteiger partial charge < -0.3 is 8.98 Å². The van der Waals surface area contributed by atoms with E-state index in [1.54, 1.807) is 0 Å². The zero-order valence-corrected chi connectivity index (χ0v) is 32.0. The summed E-state index contributed by atoms with van der Waals surface area (Å²) in [5.74, 6) is 1.85. The standard InChI is InChI=1S/C51H40N4O/c1-50(2)25-26-51(3,4)42-30-44-40(29-41(42)50)37-13-7-9-15-43(37)55(44)36-22-19-32(20-23-36)47-52-48(34-18-17-31-11-5-6-12-33(31)27-34)54-49(53-47)35-21-24-39-38-14-8-10-16-45(38)56-46(39)28-35/h5-24,27-30H,25-26H2,1-4H3. The molecule has 7 aromatic carbocycles. The van der Waals surface area contributed by atoms with E-state index in [9.17, 15) is 0 Å². The van der Waals surface area contributed by atoms with Crippen LogP contribution in [0, 0.1) is 0 Å². The monoisotopic (exact) mass is 724 g/mol. The van der Waals surface area contributed by atoms with Crippen molar-refractivity contribution in [3.05, 3.63) is 157 Å². The predicted molar refractivity (Wildman–Crippen MR) is 231 cm³/mol. The number of hydrogen-bond donors (Lipinski definition) is 0. The molecule has 1 aliphatic carbocycles. The van der Waals surface area contributed by atoms with Gasteiger partial charge in [0.05, 0.1) is 11.0 Å². The largest absolute Gasteiger partial charge is 0.456 e. The second-order valence-electron chi connectivity index (χ2n) is 16.8. The van der Waals surface area contributed by atoms with Gasteiger partial charge in [0.25, 0.3) is 0 Å². The van der Waals surface area contributed by atoms with Crippen LogP contribution in [-0.2, 0) is 10.8 Å². The van der Waals surface area contributed by atoms with Crippen molar-refractivity contribution < 1.29 is 4.42 Å². The fraction of sp³-hybridized carbons (Fsp3) is 0.157. The summed E-state index contributed by atoms with van der Waals surface area (Å²) in [5, 5.41) is 7.06. The second kappa shape index (κ2) is 12.0. The van der Waals surface area contributed by atoms with Gasteiger partial charge >= 0.3 is 0 Å². The molecule has 0 spiro atoms. The number of furan rings is 1. The lowest BCUT2D eigenvalue weighted by Gasteiger charge is -2.42. The van der Waals surface area contributed by atoms with E-state index in [-0.39, 0.29) is 10.8 Å². The highest BCUT2D eigenvalue weighted by molar-refractivity contribution is 6.10. The van der Waals surface area contributed by atoms with Crippen molar-refractivity contribution in [3.8, 4) is 39.9 Å². The number of nitrogens with zero attached hydrogens (tertiary/aromatic N) is 4. The minimum absolute atomic E-state index is 0.109. The summed E-state index contributed by atoms with van der Waals surface area (Å²) in [7, 11) is 0. The summed E-state index contributed by atoms with van der Waals surface area (Å²) < 4.78 is 8.71. The number of para-hydroxylation sites is 2. The molecule has 3 aromatic heterocycles. The molecule has 0 aliphatic heterocycles. The molecule has 0 saturated carbocycles. The van der Waals surface area contributed by atoms with Crippen molar-refractivity contribution in [1.29, 1.82) is 0 Å². The van der Waals surface area contributed by atoms with Crippen LogP contribution in [0.1, 0.15) is 51.7 Å². The average Bonchev–Trinajstić information content (AvgIpc) is 3.77. The molecule has 0 unspecified atom stereocenters. The van der Waals surface area contributed by atoms with E-state index in [1.807, 2.05) is 24.3 Å². The molecule has 0 atom stereocenters. The maximum absolute atomic E-state index is 6.28. The maximum atomic E-state index is 6.28. The predicted octanol–water partition coefficient (Wildman–Crippen LogP) is 13.4. The first kappa shape index (κ1) is 32.8. The smallest absolute Gasteiger partial charge is 0.164 e. The SMILES string of the molecule is CC1(C)CCC(C)(C)c2cc3c(cc21)c1ccccc1n3-c1ccc(-c2nc(-c3ccc4ccccc4c3)nc(-c3ccc4c(c3)oc3ccccc34)n2)cc1. The molecular formula is C51H40N4O. The molecule has 56 heavy (non-hydrogen) atoms. The molecular weight excluding hydrogens is 685 g/mol. The summed E-state index contributed by atoms with van der Waals surface area (Å²) in [5.41, 5.74) is 11.1. The third-order valence-corrected chi connectivity index (χ3v) is 12.3. The fourth-order valence-electron chi connectivity index (χ4n) is 9.02. The topological polar surface area (TPSA) is 56.7 Å². The van der Waals surface area contributed by atoms with Crippen molar-refractivity contribution in [2.45, 2.75) is 51.4 Å². The number of benzene rings is 7. The van der Waals surface area contributed by atoms with Crippen molar-refractivity contribution in [2.24, 2.45) is 0 Å². The Morgan fingerprint density at radius 2 is 1.02 bits per heavy atom. The molecule has 5 heteroatoms. The highest BCUT2D eigenvalue weighted by atomic mass is 16.3. The normalized spacial score (nSPS) is 14.9. The van der Waals surface area contributed by atoms with Gasteiger partial charge in [-0.1, -0.05) is 107 Å². The van der Waals surface area contributed by atoms with Gasteiger partial charge in [0, 0.05) is 43.9 Å². The minimum Gasteiger partial charge on any atom is -0.456 e. The van der Waals surface area contributed by atoms with Crippen molar-refractivity contribution >= 4 is 54.5 Å². The Morgan fingerprint density at radius 3 is 1.79 bits per heavy atom. The number of fused-ring (bicyclic) bond motifs is 8. The zero-order chi connectivity index (χ0) is 37.8. The summed E-state index contributed by atoms with van der Waals surface area (Å²) in [6, 6.07) is 51.6. The van der Waals surface area contributed by atoms with E-state index in [1.165, 1.54) is 51.2 Å². The quantitative estimate of drug-likeness (QED) is 0.181. The van der Waals surface area contributed by atoms with Gasteiger partial charge in [-0.2, -0.15) is 0 Å². The third kappa shape index (κ3) is 5.11. The first-order chi connectivity index (χ1) is 27.2. The molecule has 0 bridgehead atoms. The Balaban J connectivity index is 1.07. The highest BCUT2D eigenvalue weighted by Gasteiger charge is 2.38. The van der Waals surface area contributed by atoms with E-state index < -0.39 is 0 Å². The summed E-state index contributed by atoms with van der Waals surface area (Å²) in [6.45, 7) is 9.61. The molecule has 0 radical (unpaired) electrons. The van der Waals surface area contributed by atoms with E-state index in [0.717, 1.165) is 49.7 Å². The Hall–Kier alpha value is -6.59. The molecule has 5 nitrogen and oxygen atoms in total. The van der Waals surface area contributed by atoms with Gasteiger partial charge in [-0.25, -0.2) is 15.0 Å². The molecule has 3 heterocycles. The van der Waals surface area contributed by atoms with Gasteiger partial charge in [-0.3, -0.25) is 0 Å². The Labute approximate surface area is 325 Å². The van der Waals surface area contributed by atoms with Crippen LogP contribution in [0.4, 0.5) is 0 Å². The van der Waals surface area contributed by atoms with Gasteiger partial charge in [-0.05, 0) is 112 Å². The van der Waals surface area contributed by atoms with E-state index >= 15 is 0 Å². The van der Waals surface area contributed by atoms with E-state index in [2.05, 4.69) is 154 Å². The molecule has 1 aliphatic rings. The van der Waals surface area contributed by atoms with Gasteiger partial charge in [0.15, 0.2) is 17.5 Å². The first-order valence-corrected chi connectivity index (χ1v) is 19.6. The van der Waals surface area contributed by atoms with Crippen LogP contribution in [0.3, 0.4) is 0 Å². The van der Waals surface area contributed by atoms with Crippen LogP contribution in [0.25, 0.3) is 94.4 Å². The molecule has 0 N–H and O–H groups in total. The molecule has 0 saturated heterocycles. The summed E-state index contributed by atoms with van der Waals surface area (Å²) in [6.07, 6.45) is 2.36. The number of aromatic nitrogens is 4. The van der Waals surface area contributed by atoms with Crippen molar-refractivity contribution in [2.75, 3.05) is 0 Å². The molecule has 11 rings (SSSR count). The lowest BCUT2D eigenvalue weighted by atomic mass is 9.63. The first-order valence-electron chi connectivity index (χ1n) is 19.6. The van der Waals surface area contributed by atoms with Crippen LogP contribution in [-0.4, -0.2) is 19.5 Å². The van der Waals surface area contributed by atoms with E-state index in [0.29, 0.717) is 17.5 Å². The number of hydrogen-bond acceptors (Lipinski definition) is 4. The van der Waals surface area contributed by atoms with E-state index in [4.69, 9.17) is 19.4 Å². The van der Waals surface area contributed by atoms with Crippen LogP contribution in [0.2, 0.25) is 0 Å². The molecule has 0 amide bonds. The highest BCUT2D eigenvalue weighted by Crippen LogP contribution is 2.48. The Kier molecular flexibility index (Phi) is 7.00. The van der Waals surface area contributed by atoms with Crippen molar-refractivity contribution in [1.82, 2.24) is 19.5 Å². The van der Waals surface area contributed by atoms with Crippen LogP contribution in [0.15, 0.2) is 150 Å². The maximum Gasteiger partial charge on any atom is 0.164 e. The zero-order valence-electron chi connectivity index (χ0n) is 32.0. The Bertz CT molecular complexity index is 3200. The van der Waals surface area contributed by atoms with Crippen LogP contribution >= 0.6 is 0 Å². The van der Waals surface area contributed by atoms with Crippen LogP contribution in [0.5, 0.6) is 0 Å². The fourth-order valence-corrected chi connectivity index (χ4v) is 9.02. The summed E-state index contributed by atoms with van der Waals surface area (Å²) >= 11 is 0. The summed E-state index contributed by atoms with van der Waals surface area (Å²) in [4.78, 5) is 15.3. The van der Waals surface area contributed by atoms with Gasteiger partial charge in [-0.15, -0.1) is 0 Å². The second-order valence-corrected chi connectivity index (χ2v) is 16.8. The van der Waals surface area contributed by atoms with Gasteiger partial charge in [0.2, 0.25) is 0 Å². The molecule has 0 fully saturated rings. The third-order valence-electron chi connectivity index (χ3n) is 12.3. The van der Waals surface area contributed by atoms with Crippen molar-refractivity contribution in [3.63, 3.8) is 0 Å². The lowest BCUT2D eigenvalue weighted by molar-refractivity contribution is 0.332. The average molecular weight is 725 g/mol. The lowest BCUT2D eigenvalue weighted by Crippen LogP contribution is -2.33. The minimum atomic E-state index is 0.109. The number of rotatable bonds is 4. The van der Waals surface area contributed by atoms with Crippen LogP contribution < -0.4 is 0 Å². The molecule has 10 aromatic rings.